The van der Waals surface area contributed by atoms with Crippen LogP contribution >= 0.6 is 38.9 Å². The maximum atomic E-state index is 12.6. The Morgan fingerprint density at radius 3 is 2.56 bits per heavy atom. The zero-order chi connectivity index (χ0) is 22.7. The summed E-state index contributed by atoms with van der Waals surface area (Å²) in [6, 6.07) is 15.2. The summed E-state index contributed by atoms with van der Waals surface area (Å²) in [4.78, 5) is 24.8. The van der Waals surface area contributed by atoms with Crippen molar-refractivity contribution in [2.24, 2.45) is 5.10 Å². The lowest BCUT2D eigenvalue weighted by molar-refractivity contribution is 0.0739. The maximum Gasteiger partial charge on any atom is 0.355 e. The van der Waals surface area contributed by atoms with E-state index in [1.165, 1.54) is 23.6 Å². The molecule has 2 heterocycles. The summed E-state index contributed by atoms with van der Waals surface area (Å²) in [6.45, 7) is 0. The van der Waals surface area contributed by atoms with Gasteiger partial charge in [-0.25, -0.2) is 10.2 Å². The lowest BCUT2D eigenvalue weighted by Gasteiger charge is -2.03. The normalized spacial score (nSPS) is 11.1. The van der Waals surface area contributed by atoms with Crippen LogP contribution in [0.1, 0.15) is 25.8 Å². The predicted molar refractivity (Wildman–Crippen MR) is 126 cm³/mol. The minimum absolute atomic E-state index is 0.134. The molecule has 1 amide bonds. The number of carbonyl (C=O) groups excluding carboxylic acids is 2. The van der Waals surface area contributed by atoms with Crippen LogP contribution < -0.4 is 14.9 Å². The average molecular weight is 534 g/mol. The fourth-order valence-electron chi connectivity index (χ4n) is 2.74. The van der Waals surface area contributed by atoms with E-state index >= 15 is 0 Å². The highest BCUT2D eigenvalue weighted by atomic mass is 79.9. The average Bonchev–Trinajstić information content (AvgIpc) is 3.38. The highest BCUT2D eigenvalue weighted by Crippen LogP contribution is 2.37. The summed E-state index contributed by atoms with van der Waals surface area (Å²) in [5, 5.41) is 4.99. The van der Waals surface area contributed by atoms with Crippen molar-refractivity contribution < 1.29 is 23.5 Å². The van der Waals surface area contributed by atoms with Crippen LogP contribution in [0.5, 0.6) is 11.5 Å². The molecule has 7 nitrogen and oxygen atoms in total. The number of hydrazone groups is 1. The number of methoxy groups -OCH3 is 1. The monoisotopic (exact) mass is 532 g/mol. The quantitative estimate of drug-likeness (QED) is 0.144. The minimum atomic E-state index is -0.548. The molecule has 2 aromatic heterocycles. The van der Waals surface area contributed by atoms with Gasteiger partial charge >= 0.3 is 11.9 Å². The Morgan fingerprint density at radius 1 is 1.12 bits per heavy atom. The van der Waals surface area contributed by atoms with Gasteiger partial charge in [0.15, 0.2) is 10.4 Å². The third-order valence-electron chi connectivity index (χ3n) is 4.29. The van der Waals surface area contributed by atoms with E-state index < -0.39 is 11.9 Å². The van der Waals surface area contributed by atoms with Gasteiger partial charge < -0.3 is 13.9 Å². The molecule has 0 saturated heterocycles. The summed E-state index contributed by atoms with van der Waals surface area (Å²) in [7, 11) is 1.58. The van der Waals surface area contributed by atoms with Gasteiger partial charge in [0.05, 0.1) is 18.3 Å². The van der Waals surface area contributed by atoms with E-state index in [2.05, 4.69) is 26.5 Å². The summed E-state index contributed by atoms with van der Waals surface area (Å²) in [5.41, 5.74) is 3.06. The van der Waals surface area contributed by atoms with Gasteiger partial charge in [-0.2, -0.15) is 5.10 Å². The number of hydrogen-bond acceptors (Lipinski definition) is 7. The van der Waals surface area contributed by atoms with Crippen LogP contribution in [0.2, 0.25) is 5.02 Å². The van der Waals surface area contributed by atoms with Crippen LogP contribution in [0.4, 0.5) is 0 Å². The van der Waals surface area contributed by atoms with Gasteiger partial charge in [0.1, 0.15) is 16.4 Å². The summed E-state index contributed by atoms with van der Waals surface area (Å²) in [5.74, 6) is 0.141. The number of benzene rings is 2. The van der Waals surface area contributed by atoms with Gasteiger partial charge in [-0.15, -0.1) is 11.3 Å². The number of esters is 1. The number of carbonyl (C=O) groups is 2. The Hall–Kier alpha value is -3.14. The van der Waals surface area contributed by atoms with E-state index in [9.17, 15) is 9.59 Å². The lowest BCUT2D eigenvalue weighted by Crippen LogP contribution is -2.16. The number of nitrogens with zero attached hydrogens (tertiary/aromatic N) is 1. The molecule has 0 unspecified atom stereocenters. The first-order valence-corrected chi connectivity index (χ1v) is 11.1. The highest BCUT2D eigenvalue weighted by Gasteiger charge is 2.19. The highest BCUT2D eigenvalue weighted by molar-refractivity contribution is 9.10. The van der Waals surface area contributed by atoms with Crippen molar-refractivity contribution in [2.45, 2.75) is 0 Å². The number of furan rings is 1. The minimum Gasteiger partial charge on any atom is -0.497 e. The van der Waals surface area contributed by atoms with Gasteiger partial charge in [-0.3, -0.25) is 4.79 Å². The van der Waals surface area contributed by atoms with Gasteiger partial charge in [-0.05, 0) is 76.1 Å². The Bertz CT molecular complexity index is 1330. The van der Waals surface area contributed by atoms with Crippen molar-refractivity contribution in [1.29, 1.82) is 0 Å². The van der Waals surface area contributed by atoms with Gasteiger partial charge in [0, 0.05) is 10.1 Å². The van der Waals surface area contributed by atoms with Crippen molar-refractivity contribution in [3.05, 3.63) is 80.5 Å². The summed E-state index contributed by atoms with van der Waals surface area (Å²) in [6.07, 6.45) is 1.46. The Morgan fingerprint density at radius 2 is 1.88 bits per heavy atom. The molecule has 1 N–H and O–H groups in total. The summed E-state index contributed by atoms with van der Waals surface area (Å²) >= 11 is 10.7. The molecular weight excluding hydrogens is 520 g/mol. The molecule has 0 aliphatic carbocycles. The van der Waals surface area contributed by atoms with Crippen LogP contribution in [0.25, 0.3) is 10.1 Å². The van der Waals surface area contributed by atoms with E-state index in [0.717, 1.165) is 10.1 Å². The van der Waals surface area contributed by atoms with Crippen molar-refractivity contribution in [3.63, 3.8) is 0 Å². The van der Waals surface area contributed by atoms with Crippen molar-refractivity contribution >= 4 is 67.0 Å². The third kappa shape index (κ3) is 4.85. The maximum absolute atomic E-state index is 12.6. The smallest absolute Gasteiger partial charge is 0.355 e. The molecule has 162 valence electrons. The number of rotatable bonds is 6. The molecule has 0 spiro atoms. The molecule has 4 aromatic rings. The van der Waals surface area contributed by atoms with E-state index in [0.29, 0.717) is 31.6 Å². The zero-order valence-corrected chi connectivity index (χ0v) is 19.6. The van der Waals surface area contributed by atoms with Crippen LogP contribution in [0.3, 0.4) is 0 Å². The number of amides is 1. The van der Waals surface area contributed by atoms with Crippen LogP contribution in [0, 0.1) is 0 Å². The molecule has 2 aromatic carbocycles. The standard InChI is InChI=1S/C22H14BrClN2O5S/c1-29-14-6-7-15-17(10-14)32-20(19(15)24)22(28)30-13-4-2-12(3-5-13)11-25-26-21(27)16-8-9-18(23)31-16/h2-11H,1H3,(H,26,27)/b25-11-. The van der Waals surface area contributed by atoms with E-state index in [-0.39, 0.29) is 5.76 Å². The van der Waals surface area contributed by atoms with Crippen molar-refractivity contribution in [2.75, 3.05) is 7.11 Å². The fraction of sp³-hybridized carbons (Fsp3) is 0.0455. The first-order valence-electron chi connectivity index (χ1n) is 9.11. The first kappa shape index (κ1) is 22.1. The van der Waals surface area contributed by atoms with Crippen LogP contribution in [0.15, 0.2) is 68.8 Å². The molecular formula is C22H14BrClN2O5S. The van der Waals surface area contributed by atoms with Gasteiger partial charge in [0.25, 0.3) is 0 Å². The molecule has 4 rings (SSSR count). The fourth-order valence-corrected chi connectivity index (χ4v) is 4.46. The molecule has 0 radical (unpaired) electrons. The van der Waals surface area contributed by atoms with E-state index in [1.807, 2.05) is 6.07 Å². The molecule has 0 aliphatic heterocycles. The summed E-state index contributed by atoms with van der Waals surface area (Å²) < 4.78 is 17.1. The second kappa shape index (κ2) is 9.56. The van der Waals surface area contributed by atoms with E-state index in [4.69, 9.17) is 25.5 Å². The number of nitrogens with one attached hydrogen (secondary N) is 1. The molecule has 0 bridgehead atoms. The molecule has 0 saturated carbocycles. The van der Waals surface area contributed by atoms with Crippen LogP contribution in [-0.4, -0.2) is 25.2 Å². The second-order valence-corrected chi connectivity index (χ2v) is 8.58. The third-order valence-corrected chi connectivity index (χ3v) is 6.35. The molecule has 0 atom stereocenters. The van der Waals surface area contributed by atoms with Gasteiger partial charge in [0.2, 0.25) is 0 Å². The van der Waals surface area contributed by atoms with Gasteiger partial charge in [-0.1, -0.05) is 11.6 Å². The molecule has 0 fully saturated rings. The SMILES string of the molecule is COc1ccc2c(Cl)c(C(=O)Oc3ccc(/C=N\NC(=O)c4ccc(Br)o4)cc3)sc2c1. The van der Waals surface area contributed by atoms with Crippen LogP contribution in [-0.2, 0) is 0 Å². The second-order valence-electron chi connectivity index (χ2n) is 6.37. The Balaban J connectivity index is 1.40. The molecule has 10 heteroatoms. The number of fused-ring (bicyclic) bond motifs is 1. The van der Waals surface area contributed by atoms with Crippen molar-refractivity contribution in [1.82, 2.24) is 5.43 Å². The van der Waals surface area contributed by atoms with E-state index in [1.54, 1.807) is 49.6 Å². The Labute approximate surface area is 199 Å². The largest absolute Gasteiger partial charge is 0.497 e. The molecule has 0 aliphatic rings. The zero-order valence-electron chi connectivity index (χ0n) is 16.4. The van der Waals surface area contributed by atoms with Crippen molar-refractivity contribution in [3.8, 4) is 11.5 Å². The first-order chi connectivity index (χ1) is 15.4. The number of halogens is 2. The number of ether oxygens (including phenoxy) is 2. The number of hydrogen-bond donors (Lipinski definition) is 1. The number of thiophene rings is 1. The Kier molecular flexibility index (Phi) is 6.59. The lowest BCUT2D eigenvalue weighted by atomic mass is 10.2. The topological polar surface area (TPSA) is 90.1 Å². The predicted octanol–water partition coefficient (Wildman–Crippen LogP) is 5.90. The molecule has 32 heavy (non-hydrogen) atoms.